The topological polar surface area (TPSA) is 74.6 Å². The van der Waals surface area contributed by atoms with Gasteiger partial charge in [0.15, 0.2) is 0 Å². The lowest BCUT2D eigenvalue weighted by Crippen LogP contribution is -2.08. The number of carbonyl (C=O) groups is 2. The molecule has 0 fully saturated rings. The molecule has 0 saturated carbocycles. The molecule has 0 amide bonds. The quantitative estimate of drug-likeness (QED) is 0.752. The van der Waals surface area contributed by atoms with Crippen LogP contribution in [0.15, 0.2) is 47.4 Å². The average molecular weight is 274 g/mol. The van der Waals surface area contributed by atoms with Gasteiger partial charge in [-0.25, -0.2) is 9.59 Å². The summed E-state index contributed by atoms with van der Waals surface area (Å²) < 4.78 is 0. The van der Waals surface area contributed by atoms with E-state index in [1.165, 1.54) is 12.1 Å². The number of hydrogen-bond acceptors (Lipinski definition) is 3. The molecule has 0 heterocycles. The van der Waals surface area contributed by atoms with Crippen LogP contribution in [0.5, 0.6) is 0 Å². The van der Waals surface area contributed by atoms with Crippen molar-refractivity contribution in [3.05, 3.63) is 53.6 Å². The molecule has 4 nitrogen and oxygen atoms in total. The van der Waals surface area contributed by atoms with Gasteiger partial charge < -0.3 is 10.2 Å². The Bertz CT molecular complexity index is 664. The van der Waals surface area contributed by atoms with Crippen LogP contribution < -0.4 is 0 Å². The normalized spacial score (nSPS) is 10.2. The van der Waals surface area contributed by atoms with Crippen LogP contribution in [0.4, 0.5) is 0 Å². The molecule has 2 rings (SSSR count). The largest absolute Gasteiger partial charge is 0.478 e. The highest BCUT2D eigenvalue weighted by molar-refractivity contribution is 7.80. The van der Waals surface area contributed by atoms with Gasteiger partial charge in [0.25, 0.3) is 0 Å². The van der Waals surface area contributed by atoms with Crippen LogP contribution in [0.25, 0.3) is 11.1 Å². The van der Waals surface area contributed by atoms with Crippen molar-refractivity contribution in [2.45, 2.75) is 4.90 Å². The minimum absolute atomic E-state index is 0.229. The lowest BCUT2D eigenvalue weighted by atomic mass is 9.99. The standard InChI is InChI=1S/C14H10O4S/c15-13(16)10-6-5-8(7-11(10)14(17)18)9-3-1-2-4-12(9)19/h1-7,19H,(H,15,16)(H,17,18). The number of thiol groups is 1. The Kier molecular flexibility index (Phi) is 3.57. The molecule has 0 aliphatic carbocycles. The van der Waals surface area contributed by atoms with E-state index in [1.807, 2.05) is 6.07 Å². The Hall–Kier alpha value is -2.27. The molecule has 0 atom stereocenters. The van der Waals surface area contributed by atoms with Crippen LogP contribution in [0, 0.1) is 0 Å². The number of rotatable bonds is 3. The van der Waals surface area contributed by atoms with Crippen molar-refractivity contribution >= 4 is 24.6 Å². The van der Waals surface area contributed by atoms with Crippen LogP contribution in [0.2, 0.25) is 0 Å². The number of carboxylic acid groups (broad SMARTS) is 2. The molecule has 0 saturated heterocycles. The Morgan fingerprint density at radius 2 is 1.53 bits per heavy atom. The highest BCUT2D eigenvalue weighted by Gasteiger charge is 2.17. The van der Waals surface area contributed by atoms with Crippen molar-refractivity contribution in [3.63, 3.8) is 0 Å². The molecule has 0 aliphatic rings. The van der Waals surface area contributed by atoms with E-state index in [0.29, 0.717) is 10.5 Å². The SMILES string of the molecule is O=C(O)c1ccc(-c2ccccc2S)cc1C(=O)O. The number of aromatic carboxylic acids is 2. The Morgan fingerprint density at radius 3 is 2.11 bits per heavy atom. The second-order valence-electron chi connectivity index (χ2n) is 3.89. The molecule has 0 bridgehead atoms. The van der Waals surface area contributed by atoms with Crippen LogP contribution >= 0.6 is 12.6 Å². The van der Waals surface area contributed by atoms with Gasteiger partial charge in [-0.2, -0.15) is 0 Å². The molecule has 0 aliphatic heterocycles. The third-order valence-corrected chi connectivity index (χ3v) is 3.09. The molecule has 0 aromatic heterocycles. The zero-order chi connectivity index (χ0) is 14.0. The van der Waals surface area contributed by atoms with E-state index >= 15 is 0 Å². The monoisotopic (exact) mass is 274 g/mol. The molecule has 96 valence electrons. The molecular formula is C14H10O4S. The van der Waals surface area contributed by atoms with Gasteiger partial charge in [0, 0.05) is 4.90 Å². The molecule has 19 heavy (non-hydrogen) atoms. The first-order valence-corrected chi connectivity index (χ1v) is 5.84. The summed E-state index contributed by atoms with van der Waals surface area (Å²) >= 11 is 4.30. The lowest BCUT2D eigenvalue weighted by Gasteiger charge is -2.08. The fourth-order valence-electron chi connectivity index (χ4n) is 1.79. The minimum atomic E-state index is -1.27. The van der Waals surface area contributed by atoms with Crippen molar-refractivity contribution in [2.24, 2.45) is 0 Å². The van der Waals surface area contributed by atoms with Gasteiger partial charge in [-0.15, -0.1) is 12.6 Å². The fourth-order valence-corrected chi connectivity index (χ4v) is 2.08. The number of benzene rings is 2. The Labute approximate surface area is 114 Å². The van der Waals surface area contributed by atoms with Gasteiger partial charge in [0.05, 0.1) is 11.1 Å². The zero-order valence-corrected chi connectivity index (χ0v) is 10.6. The van der Waals surface area contributed by atoms with Gasteiger partial charge in [-0.1, -0.05) is 24.3 Å². The maximum Gasteiger partial charge on any atom is 0.336 e. The fraction of sp³-hybridized carbons (Fsp3) is 0. The van der Waals surface area contributed by atoms with Crippen LogP contribution in [-0.4, -0.2) is 22.2 Å². The third-order valence-electron chi connectivity index (χ3n) is 2.70. The van der Waals surface area contributed by atoms with Crippen molar-refractivity contribution < 1.29 is 19.8 Å². The van der Waals surface area contributed by atoms with E-state index in [9.17, 15) is 9.59 Å². The van der Waals surface area contributed by atoms with Crippen LogP contribution in [0.3, 0.4) is 0 Å². The second-order valence-corrected chi connectivity index (χ2v) is 4.37. The van der Waals surface area contributed by atoms with Crippen molar-refractivity contribution in [3.8, 4) is 11.1 Å². The van der Waals surface area contributed by atoms with Crippen molar-refractivity contribution in [2.75, 3.05) is 0 Å². The summed E-state index contributed by atoms with van der Waals surface area (Å²) in [4.78, 5) is 22.8. The number of hydrogen-bond donors (Lipinski definition) is 3. The van der Waals surface area contributed by atoms with Gasteiger partial charge in [0.2, 0.25) is 0 Å². The molecule has 2 aromatic carbocycles. The van der Waals surface area contributed by atoms with Gasteiger partial charge in [-0.05, 0) is 29.3 Å². The highest BCUT2D eigenvalue weighted by atomic mass is 32.1. The van der Waals surface area contributed by atoms with E-state index in [-0.39, 0.29) is 11.1 Å². The molecular weight excluding hydrogens is 264 g/mol. The Morgan fingerprint density at radius 1 is 0.895 bits per heavy atom. The molecule has 5 heteroatoms. The minimum Gasteiger partial charge on any atom is -0.478 e. The molecule has 2 N–H and O–H groups in total. The zero-order valence-electron chi connectivity index (χ0n) is 9.70. The Balaban J connectivity index is 2.62. The molecule has 2 aromatic rings. The molecule has 0 radical (unpaired) electrons. The number of carboxylic acids is 2. The summed E-state index contributed by atoms with van der Waals surface area (Å²) in [6, 6.07) is 11.4. The van der Waals surface area contributed by atoms with E-state index in [0.717, 1.165) is 5.56 Å². The van der Waals surface area contributed by atoms with Crippen LogP contribution in [0.1, 0.15) is 20.7 Å². The molecule has 0 spiro atoms. The summed E-state index contributed by atoms with van der Waals surface area (Å²) in [5.74, 6) is -2.53. The summed E-state index contributed by atoms with van der Waals surface area (Å²) in [6.45, 7) is 0. The lowest BCUT2D eigenvalue weighted by molar-refractivity contribution is 0.0651. The van der Waals surface area contributed by atoms with Crippen molar-refractivity contribution in [1.29, 1.82) is 0 Å². The van der Waals surface area contributed by atoms with Crippen LogP contribution in [-0.2, 0) is 0 Å². The highest BCUT2D eigenvalue weighted by Crippen LogP contribution is 2.28. The average Bonchev–Trinajstić information content (AvgIpc) is 2.38. The van der Waals surface area contributed by atoms with E-state index in [4.69, 9.17) is 10.2 Å². The smallest absolute Gasteiger partial charge is 0.336 e. The maximum absolute atomic E-state index is 11.1. The predicted octanol–water partition coefficient (Wildman–Crippen LogP) is 3.04. The first-order valence-electron chi connectivity index (χ1n) is 5.39. The summed E-state index contributed by atoms with van der Waals surface area (Å²) in [6.07, 6.45) is 0. The first-order chi connectivity index (χ1) is 9.00. The second kappa shape index (κ2) is 5.16. The van der Waals surface area contributed by atoms with E-state index < -0.39 is 11.9 Å². The predicted molar refractivity (Wildman–Crippen MR) is 73.0 cm³/mol. The summed E-state index contributed by atoms with van der Waals surface area (Å²) in [7, 11) is 0. The van der Waals surface area contributed by atoms with Crippen molar-refractivity contribution in [1.82, 2.24) is 0 Å². The van der Waals surface area contributed by atoms with Gasteiger partial charge >= 0.3 is 11.9 Å². The molecule has 0 unspecified atom stereocenters. The van der Waals surface area contributed by atoms with Gasteiger partial charge in [-0.3, -0.25) is 0 Å². The maximum atomic E-state index is 11.1. The van der Waals surface area contributed by atoms with Gasteiger partial charge in [0.1, 0.15) is 0 Å². The first kappa shape index (κ1) is 13.2. The third kappa shape index (κ3) is 2.61. The summed E-state index contributed by atoms with van der Waals surface area (Å²) in [5, 5.41) is 18.0. The summed E-state index contributed by atoms with van der Waals surface area (Å²) in [5.41, 5.74) is 0.910. The van der Waals surface area contributed by atoms with E-state index in [2.05, 4.69) is 12.6 Å². The van der Waals surface area contributed by atoms with E-state index in [1.54, 1.807) is 24.3 Å².